The first-order valence-electron chi connectivity index (χ1n) is 6.00. The lowest BCUT2D eigenvalue weighted by Crippen LogP contribution is -2.27. The van der Waals surface area contributed by atoms with Crippen LogP contribution in [0.1, 0.15) is 5.82 Å². The largest absolute Gasteiger partial charge is 0.309 e. The summed E-state index contributed by atoms with van der Waals surface area (Å²) >= 11 is 0. The average Bonchev–Trinajstić information content (AvgIpc) is 2.35. The molecule has 20 heavy (non-hydrogen) atoms. The lowest BCUT2D eigenvalue weighted by atomic mass is 10.2. The standard InChI is InChI=1S/C13H18N4O.2ClH/c1-17(2)8-7-14-9-12-15-11-6-4-3-5-10(11)13(18)16-12;;/h3-6,14H,7-9H2,1-2H3,(H,15,16,18);2*1H. The minimum absolute atomic E-state index is 0. The zero-order chi connectivity index (χ0) is 13.0. The first-order valence-corrected chi connectivity index (χ1v) is 6.00. The maximum absolute atomic E-state index is 11.8. The van der Waals surface area contributed by atoms with E-state index < -0.39 is 0 Å². The number of H-pyrrole nitrogens is 1. The van der Waals surface area contributed by atoms with E-state index >= 15 is 0 Å². The summed E-state index contributed by atoms with van der Waals surface area (Å²) in [5, 5.41) is 3.88. The number of nitrogens with one attached hydrogen (secondary N) is 2. The van der Waals surface area contributed by atoms with Crippen molar-refractivity contribution in [2.45, 2.75) is 6.54 Å². The Morgan fingerprint density at radius 1 is 1.25 bits per heavy atom. The Morgan fingerprint density at radius 3 is 2.65 bits per heavy atom. The van der Waals surface area contributed by atoms with Crippen LogP contribution in [0, 0.1) is 0 Å². The maximum atomic E-state index is 11.8. The summed E-state index contributed by atoms with van der Waals surface area (Å²) in [6, 6.07) is 7.37. The van der Waals surface area contributed by atoms with E-state index in [0.717, 1.165) is 18.6 Å². The monoisotopic (exact) mass is 318 g/mol. The Kier molecular flexibility index (Phi) is 8.41. The Morgan fingerprint density at radius 2 is 1.95 bits per heavy atom. The summed E-state index contributed by atoms with van der Waals surface area (Å²) in [6.45, 7) is 2.40. The molecule has 2 N–H and O–H groups in total. The van der Waals surface area contributed by atoms with E-state index in [1.165, 1.54) is 0 Å². The molecule has 0 atom stereocenters. The maximum Gasteiger partial charge on any atom is 0.258 e. The lowest BCUT2D eigenvalue weighted by molar-refractivity contribution is 0.398. The van der Waals surface area contributed by atoms with E-state index in [1.54, 1.807) is 6.07 Å². The van der Waals surface area contributed by atoms with Crippen LogP contribution in [0.15, 0.2) is 29.1 Å². The van der Waals surface area contributed by atoms with Gasteiger partial charge in [0.05, 0.1) is 17.4 Å². The van der Waals surface area contributed by atoms with Crippen molar-refractivity contribution >= 4 is 35.7 Å². The Bertz CT molecular complexity index is 586. The van der Waals surface area contributed by atoms with E-state index in [9.17, 15) is 4.79 Å². The van der Waals surface area contributed by atoms with E-state index in [0.29, 0.717) is 17.8 Å². The summed E-state index contributed by atoms with van der Waals surface area (Å²) < 4.78 is 0. The number of aromatic amines is 1. The number of likely N-dealkylation sites (N-methyl/N-ethyl adjacent to an activating group) is 1. The van der Waals surface area contributed by atoms with Gasteiger partial charge in [-0.3, -0.25) is 4.79 Å². The highest BCUT2D eigenvalue weighted by Crippen LogP contribution is 2.05. The molecule has 0 fully saturated rings. The summed E-state index contributed by atoms with van der Waals surface area (Å²) in [5.41, 5.74) is 0.663. The Balaban J connectivity index is 0.00000180. The van der Waals surface area contributed by atoms with Gasteiger partial charge in [0.15, 0.2) is 0 Å². The van der Waals surface area contributed by atoms with Gasteiger partial charge in [-0.1, -0.05) is 12.1 Å². The van der Waals surface area contributed by atoms with Gasteiger partial charge in [-0.15, -0.1) is 24.8 Å². The van der Waals surface area contributed by atoms with Crippen LogP contribution in [-0.2, 0) is 6.54 Å². The molecular formula is C13H20Cl2N4O. The van der Waals surface area contributed by atoms with Crippen LogP contribution in [0.3, 0.4) is 0 Å². The number of para-hydroxylation sites is 1. The zero-order valence-corrected chi connectivity index (χ0v) is 13.2. The summed E-state index contributed by atoms with van der Waals surface area (Å²) in [4.78, 5) is 21.1. The van der Waals surface area contributed by atoms with Gasteiger partial charge in [0.2, 0.25) is 0 Å². The third kappa shape index (κ3) is 5.09. The molecule has 2 rings (SSSR count). The van der Waals surface area contributed by atoms with Crippen LogP contribution in [-0.4, -0.2) is 42.1 Å². The Hall–Kier alpha value is -1.14. The van der Waals surface area contributed by atoms with Gasteiger partial charge in [0.1, 0.15) is 5.82 Å². The fourth-order valence-corrected chi connectivity index (χ4v) is 1.73. The minimum atomic E-state index is -0.0787. The Labute approximate surface area is 130 Å². The molecule has 0 aliphatic carbocycles. The van der Waals surface area contributed by atoms with Crippen LogP contribution in [0.25, 0.3) is 10.9 Å². The molecule has 1 aromatic heterocycles. The molecule has 0 bridgehead atoms. The van der Waals surface area contributed by atoms with E-state index in [-0.39, 0.29) is 30.4 Å². The van der Waals surface area contributed by atoms with Crippen molar-refractivity contribution in [2.24, 2.45) is 0 Å². The molecule has 0 aliphatic rings. The highest BCUT2D eigenvalue weighted by Gasteiger charge is 2.02. The molecule has 0 spiro atoms. The summed E-state index contributed by atoms with van der Waals surface area (Å²) in [6.07, 6.45) is 0. The van der Waals surface area contributed by atoms with Crippen molar-refractivity contribution in [1.82, 2.24) is 20.2 Å². The van der Waals surface area contributed by atoms with Crippen LogP contribution >= 0.6 is 24.8 Å². The molecule has 0 unspecified atom stereocenters. The second-order valence-electron chi connectivity index (χ2n) is 4.51. The highest BCUT2D eigenvalue weighted by molar-refractivity contribution is 5.85. The minimum Gasteiger partial charge on any atom is -0.309 e. The number of aromatic nitrogens is 2. The third-order valence-electron chi connectivity index (χ3n) is 2.69. The number of rotatable bonds is 5. The van der Waals surface area contributed by atoms with Crippen LogP contribution in [0.2, 0.25) is 0 Å². The second kappa shape index (κ2) is 8.92. The number of fused-ring (bicyclic) bond motifs is 1. The number of nitrogens with zero attached hydrogens (tertiary/aromatic N) is 2. The van der Waals surface area contributed by atoms with Crippen molar-refractivity contribution in [3.63, 3.8) is 0 Å². The van der Waals surface area contributed by atoms with Gasteiger partial charge >= 0.3 is 0 Å². The van der Waals surface area contributed by atoms with Crippen LogP contribution in [0.4, 0.5) is 0 Å². The first kappa shape index (κ1) is 18.9. The van der Waals surface area contributed by atoms with Gasteiger partial charge in [0.25, 0.3) is 5.56 Å². The molecular weight excluding hydrogens is 299 g/mol. The third-order valence-corrected chi connectivity index (χ3v) is 2.69. The first-order chi connectivity index (χ1) is 8.66. The van der Waals surface area contributed by atoms with Gasteiger partial charge in [-0.2, -0.15) is 0 Å². The number of hydrogen-bond donors (Lipinski definition) is 2. The van der Waals surface area contributed by atoms with Gasteiger partial charge in [-0.05, 0) is 26.2 Å². The predicted octanol–water partition coefficient (Wildman–Crippen LogP) is 1.42. The van der Waals surface area contributed by atoms with E-state index in [1.807, 2.05) is 32.3 Å². The fraction of sp³-hybridized carbons (Fsp3) is 0.385. The second-order valence-corrected chi connectivity index (χ2v) is 4.51. The SMILES string of the molecule is CN(C)CCNCc1nc2ccccc2c(=O)[nH]1.Cl.Cl. The van der Waals surface area contributed by atoms with Gasteiger partial charge < -0.3 is 15.2 Å². The van der Waals surface area contributed by atoms with Gasteiger partial charge in [-0.25, -0.2) is 4.98 Å². The van der Waals surface area contributed by atoms with Crippen molar-refractivity contribution in [1.29, 1.82) is 0 Å². The molecule has 112 valence electrons. The number of benzene rings is 1. The van der Waals surface area contributed by atoms with Crippen molar-refractivity contribution in [3.8, 4) is 0 Å². The zero-order valence-electron chi connectivity index (χ0n) is 11.5. The van der Waals surface area contributed by atoms with E-state index in [2.05, 4.69) is 20.2 Å². The fourth-order valence-electron chi connectivity index (χ4n) is 1.73. The van der Waals surface area contributed by atoms with E-state index in [4.69, 9.17) is 0 Å². The molecule has 0 amide bonds. The van der Waals surface area contributed by atoms with Crippen molar-refractivity contribution < 1.29 is 0 Å². The summed E-state index contributed by atoms with van der Waals surface area (Å²) in [5.74, 6) is 0.678. The smallest absolute Gasteiger partial charge is 0.258 e. The van der Waals surface area contributed by atoms with Crippen LogP contribution in [0.5, 0.6) is 0 Å². The average molecular weight is 319 g/mol. The van der Waals surface area contributed by atoms with Crippen molar-refractivity contribution in [2.75, 3.05) is 27.2 Å². The molecule has 1 aromatic carbocycles. The predicted molar refractivity (Wildman–Crippen MR) is 87.1 cm³/mol. The molecule has 0 aliphatic heterocycles. The summed E-state index contributed by atoms with van der Waals surface area (Å²) in [7, 11) is 4.05. The highest BCUT2D eigenvalue weighted by atomic mass is 35.5. The normalized spacial score (nSPS) is 10.2. The lowest BCUT2D eigenvalue weighted by Gasteiger charge is -2.10. The molecule has 1 heterocycles. The van der Waals surface area contributed by atoms with Gasteiger partial charge in [0, 0.05) is 13.1 Å². The molecule has 0 saturated carbocycles. The molecule has 5 nitrogen and oxygen atoms in total. The number of hydrogen-bond acceptors (Lipinski definition) is 4. The molecule has 2 aromatic rings. The molecule has 0 saturated heterocycles. The molecule has 0 radical (unpaired) electrons. The topological polar surface area (TPSA) is 61.0 Å². The quantitative estimate of drug-likeness (QED) is 0.818. The number of halogens is 2. The van der Waals surface area contributed by atoms with Crippen LogP contribution < -0.4 is 10.9 Å². The molecule has 7 heteroatoms. The van der Waals surface area contributed by atoms with Crippen molar-refractivity contribution in [3.05, 3.63) is 40.4 Å².